The fourth-order valence-electron chi connectivity index (χ4n) is 3.22. The van der Waals surface area contributed by atoms with E-state index in [9.17, 15) is 8.42 Å². The second kappa shape index (κ2) is 7.22. The molecule has 5 nitrogen and oxygen atoms in total. The van der Waals surface area contributed by atoms with Gasteiger partial charge in [-0.05, 0) is 58.2 Å². The van der Waals surface area contributed by atoms with E-state index in [2.05, 4.69) is 14.9 Å². The quantitative estimate of drug-likeness (QED) is 0.660. The lowest BCUT2D eigenvalue weighted by atomic mass is 10.1. The van der Waals surface area contributed by atoms with Crippen LogP contribution in [0.3, 0.4) is 0 Å². The van der Waals surface area contributed by atoms with Gasteiger partial charge in [-0.1, -0.05) is 23.8 Å². The molecule has 2 N–H and O–H groups in total. The van der Waals surface area contributed by atoms with Crippen LogP contribution in [0.4, 0.5) is 0 Å². The Labute approximate surface area is 164 Å². The molecule has 3 rings (SSSR count). The minimum Gasteiger partial charge on any atom is -0.282 e. The number of rotatable bonds is 5. The van der Waals surface area contributed by atoms with Gasteiger partial charge in [-0.3, -0.25) is 5.10 Å². The number of sulfonamides is 1. The summed E-state index contributed by atoms with van der Waals surface area (Å²) >= 11 is 1.49. The van der Waals surface area contributed by atoms with Crippen LogP contribution < -0.4 is 4.72 Å². The number of hydrogen-bond acceptors (Lipinski definition) is 4. The van der Waals surface area contributed by atoms with E-state index in [-0.39, 0.29) is 6.54 Å². The Morgan fingerprint density at radius 2 is 1.78 bits per heavy atom. The number of aromatic nitrogens is 2. The number of benzene rings is 1. The van der Waals surface area contributed by atoms with E-state index in [1.807, 2.05) is 59.7 Å². The molecule has 0 bridgehead atoms. The lowest BCUT2D eigenvalue weighted by Gasteiger charge is -2.12. The fourth-order valence-corrected chi connectivity index (χ4v) is 6.09. The zero-order chi connectivity index (χ0) is 19.9. The molecule has 144 valence electrons. The molecule has 0 saturated heterocycles. The molecular weight excluding hydrogens is 378 g/mol. The van der Waals surface area contributed by atoms with Crippen molar-refractivity contribution in [3.63, 3.8) is 0 Å². The fraction of sp³-hybridized carbons (Fsp3) is 0.350. The Kier molecular flexibility index (Phi) is 5.29. The average molecular weight is 404 g/mol. The second-order valence-electron chi connectivity index (χ2n) is 7.00. The standard InChI is InChI=1S/C20H25N3O2S2/c1-11-7-8-12(2)17(9-11)10-21-27(24,25)20-16(6)26-15(5)18(20)19-13(3)14(4)22-23-19/h7-9,21H,10H2,1-6H3,(H,22,23). The number of nitrogens with zero attached hydrogens (tertiary/aromatic N) is 1. The highest BCUT2D eigenvalue weighted by Gasteiger charge is 2.28. The summed E-state index contributed by atoms with van der Waals surface area (Å²) in [7, 11) is -3.68. The van der Waals surface area contributed by atoms with Crippen LogP contribution >= 0.6 is 11.3 Å². The zero-order valence-corrected chi connectivity index (χ0v) is 18.2. The molecule has 2 aromatic heterocycles. The Hall–Kier alpha value is -1.96. The topological polar surface area (TPSA) is 74.8 Å². The lowest BCUT2D eigenvalue weighted by Crippen LogP contribution is -2.24. The van der Waals surface area contributed by atoms with E-state index in [1.54, 1.807) is 0 Å². The largest absolute Gasteiger partial charge is 0.282 e. The van der Waals surface area contributed by atoms with Crippen LogP contribution in [0, 0.1) is 41.5 Å². The second-order valence-corrected chi connectivity index (χ2v) is 10.1. The Balaban J connectivity index is 2.02. The maximum atomic E-state index is 13.2. The molecule has 0 amide bonds. The van der Waals surface area contributed by atoms with Crippen molar-refractivity contribution in [2.75, 3.05) is 0 Å². The molecule has 0 saturated carbocycles. The van der Waals surface area contributed by atoms with Crippen molar-refractivity contribution in [2.45, 2.75) is 53.0 Å². The van der Waals surface area contributed by atoms with Gasteiger partial charge in [0.1, 0.15) is 4.90 Å². The molecule has 27 heavy (non-hydrogen) atoms. The van der Waals surface area contributed by atoms with Gasteiger partial charge in [0.25, 0.3) is 0 Å². The van der Waals surface area contributed by atoms with E-state index in [4.69, 9.17) is 0 Å². The minimum absolute atomic E-state index is 0.266. The van der Waals surface area contributed by atoms with Gasteiger partial charge >= 0.3 is 0 Å². The van der Waals surface area contributed by atoms with Crippen LogP contribution in [0.2, 0.25) is 0 Å². The molecule has 7 heteroatoms. The Bertz CT molecular complexity index is 1110. The normalized spacial score (nSPS) is 11.9. The molecule has 3 aromatic rings. The number of aryl methyl sites for hydroxylation is 5. The third-order valence-electron chi connectivity index (χ3n) is 4.92. The van der Waals surface area contributed by atoms with Crippen molar-refractivity contribution < 1.29 is 8.42 Å². The van der Waals surface area contributed by atoms with Crippen LogP contribution in [0.5, 0.6) is 0 Å². The van der Waals surface area contributed by atoms with E-state index < -0.39 is 10.0 Å². The third kappa shape index (κ3) is 3.72. The van der Waals surface area contributed by atoms with Crippen LogP contribution in [-0.4, -0.2) is 18.6 Å². The van der Waals surface area contributed by atoms with Gasteiger partial charge < -0.3 is 0 Å². The minimum atomic E-state index is -3.68. The predicted molar refractivity (Wildman–Crippen MR) is 111 cm³/mol. The molecule has 0 aliphatic carbocycles. The van der Waals surface area contributed by atoms with Crippen molar-refractivity contribution in [1.82, 2.24) is 14.9 Å². The van der Waals surface area contributed by atoms with Crippen molar-refractivity contribution >= 4 is 21.4 Å². The summed E-state index contributed by atoms with van der Waals surface area (Å²) in [6.07, 6.45) is 0. The highest BCUT2D eigenvalue weighted by atomic mass is 32.2. The van der Waals surface area contributed by atoms with Crippen molar-refractivity contribution in [2.24, 2.45) is 0 Å². The number of nitrogens with one attached hydrogen (secondary N) is 2. The Morgan fingerprint density at radius 1 is 1.07 bits per heavy atom. The molecule has 0 unspecified atom stereocenters. The van der Waals surface area contributed by atoms with Crippen LogP contribution in [-0.2, 0) is 16.6 Å². The van der Waals surface area contributed by atoms with E-state index >= 15 is 0 Å². The van der Waals surface area contributed by atoms with E-state index in [1.165, 1.54) is 11.3 Å². The molecule has 0 aliphatic rings. The first kappa shape index (κ1) is 19.8. The van der Waals surface area contributed by atoms with Gasteiger partial charge in [-0.15, -0.1) is 11.3 Å². The summed E-state index contributed by atoms with van der Waals surface area (Å²) in [6.45, 7) is 12.0. The average Bonchev–Trinajstić information content (AvgIpc) is 3.07. The summed E-state index contributed by atoms with van der Waals surface area (Å²) in [5.41, 5.74) is 6.49. The SMILES string of the molecule is Cc1ccc(C)c(CNS(=O)(=O)c2c(C)sc(C)c2-c2n[nH]c(C)c2C)c1. The molecule has 2 heterocycles. The summed E-state index contributed by atoms with van der Waals surface area (Å²) in [5.74, 6) is 0. The van der Waals surface area contributed by atoms with Gasteiger partial charge in [-0.2, -0.15) is 5.10 Å². The number of aromatic amines is 1. The van der Waals surface area contributed by atoms with Crippen molar-refractivity contribution in [3.05, 3.63) is 55.9 Å². The Morgan fingerprint density at radius 3 is 2.41 bits per heavy atom. The van der Waals surface area contributed by atoms with Gasteiger partial charge in [0.2, 0.25) is 10.0 Å². The van der Waals surface area contributed by atoms with Crippen LogP contribution in [0.25, 0.3) is 11.3 Å². The summed E-state index contributed by atoms with van der Waals surface area (Å²) in [6, 6.07) is 6.06. The summed E-state index contributed by atoms with van der Waals surface area (Å²) in [5, 5.41) is 7.33. The number of thiophene rings is 1. The highest BCUT2D eigenvalue weighted by Crippen LogP contribution is 2.39. The first-order valence-corrected chi connectivity index (χ1v) is 11.1. The van der Waals surface area contributed by atoms with Gasteiger partial charge in [-0.25, -0.2) is 13.1 Å². The molecule has 0 atom stereocenters. The maximum Gasteiger partial charge on any atom is 0.242 e. The molecule has 0 spiro atoms. The molecule has 0 aliphatic heterocycles. The van der Waals surface area contributed by atoms with Crippen LogP contribution in [0.15, 0.2) is 23.1 Å². The molecule has 0 fully saturated rings. The monoisotopic (exact) mass is 403 g/mol. The summed E-state index contributed by atoms with van der Waals surface area (Å²) < 4.78 is 29.2. The van der Waals surface area contributed by atoms with Crippen molar-refractivity contribution in [1.29, 1.82) is 0 Å². The molecule has 0 radical (unpaired) electrons. The smallest absolute Gasteiger partial charge is 0.242 e. The zero-order valence-electron chi connectivity index (χ0n) is 16.5. The maximum absolute atomic E-state index is 13.2. The summed E-state index contributed by atoms with van der Waals surface area (Å²) in [4.78, 5) is 2.06. The first-order valence-electron chi connectivity index (χ1n) is 8.79. The highest BCUT2D eigenvalue weighted by molar-refractivity contribution is 7.89. The number of H-pyrrole nitrogens is 1. The first-order chi connectivity index (χ1) is 12.6. The van der Waals surface area contributed by atoms with Gasteiger partial charge in [0.05, 0.1) is 5.69 Å². The third-order valence-corrected chi connectivity index (χ3v) is 7.64. The molecular formula is C20H25N3O2S2. The predicted octanol–water partition coefficient (Wildman–Crippen LogP) is 4.47. The number of hydrogen-bond donors (Lipinski definition) is 2. The van der Waals surface area contributed by atoms with Gasteiger partial charge in [0.15, 0.2) is 0 Å². The lowest BCUT2D eigenvalue weighted by molar-refractivity contribution is 0.581. The van der Waals surface area contributed by atoms with E-state index in [0.717, 1.165) is 37.7 Å². The van der Waals surface area contributed by atoms with E-state index in [0.29, 0.717) is 16.2 Å². The van der Waals surface area contributed by atoms with Crippen molar-refractivity contribution in [3.8, 4) is 11.3 Å². The molecule has 1 aromatic carbocycles. The van der Waals surface area contributed by atoms with Gasteiger partial charge in [0, 0.05) is 27.6 Å². The van der Waals surface area contributed by atoms with Crippen LogP contribution in [0.1, 0.15) is 37.7 Å².